The van der Waals surface area contributed by atoms with Gasteiger partial charge >= 0.3 is 0 Å². The molecule has 1 aromatic rings. The van der Waals surface area contributed by atoms with Crippen LogP contribution in [0.2, 0.25) is 0 Å². The van der Waals surface area contributed by atoms with Gasteiger partial charge in [0.05, 0.1) is 19.8 Å². The van der Waals surface area contributed by atoms with Gasteiger partial charge in [-0.2, -0.15) is 0 Å². The summed E-state index contributed by atoms with van der Waals surface area (Å²) in [7, 11) is 0. The number of morpholine rings is 1. The quantitative estimate of drug-likeness (QED) is 0.855. The molecule has 118 valence electrons. The zero-order valence-electron chi connectivity index (χ0n) is 12.5. The van der Waals surface area contributed by atoms with Gasteiger partial charge in [-0.25, -0.2) is 0 Å². The molecule has 0 aromatic heterocycles. The summed E-state index contributed by atoms with van der Waals surface area (Å²) < 4.78 is 5.33. The van der Waals surface area contributed by atoms with Gasteiger partial charge in [-0.05, 0) is 5.56 Å². The maximum atomic E-state index is 13.0. The first-order chi connectivity index (χ1) is 10.8. The van der Waals surface area contributed by atoms with E-state index in [0.29, 0.717) is 39.4 Å². The lowest BCUT2D eigenvalue weighted by atomic mass is 10.0. The number of hydrogen-bond donors (Lipinski definition) is 1. The van der Waals surface area contributed by atoms with E-state index in [1.54, 1.807) is 0 Å². The van der Waals surface area contributed by atoms with Crippen molar-refractivity contribution in [1.29, 1.82) is 0 Å². The standard InChI is InChI=1S/C16H21N3O3/c20-14-12-19(7-6-17-14)15(13-4-2-1-3-5-13)16(21)18-8-10-22-11-9-18/h1-5,15H,6-12H2,(H,17,20)/t15-/m0/s1. The summed E-state index contributed by atoms with van der Waals surface area (Å²) in [6.07, 6.45) is 0. The van der Waals surface area contributed by atoms with Crippen LogP contribution in [0.1, 0.15) is 11.6 Å². The van der Waals surface area contributed by atoms with Gasteiger partial charge in [0.25, 0.3) is 0 Å². The summed E-state index contributed by atoms with van der Waals surface area (Å²) in [6, 6.07) is 9.30. The lowest BCUT2D eigenvalue weighted by Crippen LogP contribution is -2.54. The van der Waals surface area contributed by atoms with Crippen molar-refractivity contribution in [3.63, 3.8) is 0 Å². The molecule has 2 amide bonds. The lowest BCUT2D eigenvalue weighted by Gasteiger charge is -2.37. The third kappa shape index (κ3) is 3.28. The number of piperazine rings is 1. The van der Waals surface area contributed by atoms with E-state index in [0.717, 1.165) is 5.56 Å². The predicted molar refractivity (Wildman–Crippen MR) is 81.2 cm³/mol. The lowest BCUT2D eigenvalue weighted by molar-refractivity contribution is -0.143. The van der Waals surface area contributed by atoms with Crippen molar-refractivity contribution >= 4 is 11.8 Å². The molecule has 0 unspecified atom stereocenters. The van der Waals surface area contributed by atoms with Gasteiger partial charge in [0.2, 0.25) is 11.8 Å². The summed E-state index contributed by atoms with van der Waals surface area (Å²) in [4.78, 5) is 28.5. The molecular formula is C16H21N3O3. The Hall–Kier alpha value is -1.92. The molecule has 2 heterocycles. The summed E-state index contributed by atoms with van der Waals surface area (Å²) in [6.45, 7) is 3.90. The molecule has 0 saturated carbocycles. The zero-order chi connectivity index (χ0) is 15.4. The highest BCUT2D eigenvalue weighted by Crippen LogP contribution is 2.24. The third-order valence-electron chi connectivity index (χ3n) is 4.11. The molecule has 1 N–H and O–H groups in total. The van der Waals surface area contributed by atoms with Crippen molar-refractivity contribution in [1.82, 2.24) is 15.1 Å². The molecule has 0 aliphatic carbocycles. The minimum atomic E-state index is -0.398. The van der Waals surface area contributed by atoms with Crippen LogP contribution in [0.4, 0.5) is 0 Å². The van der Waals surface area contributed by atoms with Gasteiger partial charge in [-0.15, -0.1) is 0 Å². The fraction of sp³-hybridized carbons (Fsp3) is 0.500. The van der Waals surface area contributed by atoms with Crippen LogP contribution in [0.5, 0.6) is 0 Å². The van der Waals surface area contributed by atoms with Crippen molar-refractivity contribution in [2.24, 2.45) is 0 Å². The number of benzene rings is 1. The molecule has 1 aromatic carbocycles. The Morgan fingerprint density at radius 1 is 1.14 bits per heavy atom. The third-order valence-corrected chi connectivity index (χ3v) is 4.11. The van der Waals surface area contributed by atoms with Gasteiger partial charge in [0, 0.05) is 26.2 Å². The second-order valence-electron chi connectivity index (χ2n) is 5.57. The number of rotatable bonds is 3. The predicted octanol–water partition coefficient (Wildman–Crippen LogP) is 0.0183. The van der Waals surface area contributed by atoms with Crippen LogP contribution in [0, 0.1) is 0 Å². The zero-order valence-corrected chi connectivity index (χ0v) is 12.5. The van der Waals surface area contributed by atoms with Gasteiger partial charge in [-0.3, -0.25) is 14.5 Å². The molecule has 22 heavy (non-hydrogen) atoms. The van der Waals surface area contributed by atoms with E-state index >= 15 is 0 Å². The monoisotopic (exact) mass is 303 g/mol. The Kier molecular flexibility index (Phi) is 4.70. The Bertz CT molecular complexity index is 529. The topological polar surface area (TPSA) is 61.9 Å². The molecule has 2 fully saturated rings. The first-order valence-electron chi connectivity index (χ1n) is 7.68. The van der Waals surface area contributed by atoms with Crippen molar-refractivity contribution < 1.29 is 14.3 Å². The normalized spacial score (nSPS) is 21.3. The van der Waals surface area contributed by atoms with Crippen LogP contribution < -0.4 is 5.32 Å². The minimum Gasteiger partial charge on any atom is -0.378 e. The number of nitrogens with zero attached hydrogens (tertiary/aromatic N) is 2. The number of carbonyl (C=O) groups excluding carboxylic acids is 2. The number of hydrogen-bond acceptors (Lipinski definition) is 4. The van der Waals surface area contributed by atoms with Crippen molar-refractivity contribution in [2.75, 3.05) is 45.9 Å². The van der Waals surface area contributed by atoms with Gasteiger partial charge in [-0.1, -0.05) is 30.3 Å². The van der Waals surface area contributed by atoms with E-state index in [1.807, 2.05) is 40.1 Å². The van der Waals surface area contributed by atoms with Crippen molar-refractivity contribution in [3.05, 3.63) is 35.9 Å². The average Bonchev–Trinajstić information content (AvgIpc) is 2.57. The summed E-state index contributed by atoms with van der Waals surface area (Å²) in [5, 5.41) is 2.81. The van der Waals surface area contributed by atoms with E-state index in [4.69, 9.17) is 4.74 Å². The Morgan fingerprint density at radius 3 is 2.55 bits per heavy atom. The van der Waals surface area contributed by atoms with Crippen LogP contribution >= 0.6 is 0 Å². The second-order valence-corrected chi connectivity index (χ2v) is 5.57. The Morgan fingerprint density at radius 2 is 1.86 bits per heavy atom. The highest BCUT2D eigenvalue weighted by Gasteiger charge is 2.34. The molecule has 0 bridgehead atoms. The van der Waals surface area contributed by atoms with E-state index in [-0.39, 0.29) is 18.4 Å². The van der Waals surface area contributed by atoms with E-state index in [2.05, 4.69) is 5.32 Å². The molecule has 1 atom stereocenters. The molecular weight excluding hydrogens is 282 g/mol. The molecule has 3 rings (SSSR count). The smallest absolute Gasteiger partial charge is 0.244 e. The second kappa shape index (κ2) is 6.89. The van der Waals surface area contributed by atoms with Crippen LogP contribution in [-0.2, 0) is 14.3 Å². The van der Waals surface area contributed by atoms with Crippen molar-refractivity contribution in [2.45, 2.75) is 6.04 Å². The van der Waals surface area contributed by atoms with Gasteiger partial charge in [0.1, 0.15) is 6.04 Å². The van der Waals surface area contributed by atoms with Crippen LogP contribution in [0.3, 0.4) is 0 Å². The first kappa shape index (κ1) is 15.0. The molecule has 0 spiro atoms. The molecule has 2 aliphatic heterocycles. The fourth-order valence-electron chi connectivity index (χ4n) is 2.98. The van der Waals surface area contributed by atoms with Crippen LogP contribution in [0.25, 0.3) is 0 Å². The molecule has 0 radical (unpaired) electrons. The number of carbonyl (C=O) groups is 2. The average molecular weight is 303 g/mol. The molecule has 6 heteroatoms. The highest BCUT2D eigenvalue weighted by atomic mass is 16.5. The molecule has 2 aliphatic rings. The van der Waals surface area contributed by atoms with E-state index in [1.165, 1.54) is 0 Å². The SMILES string of the molecule is O=C1CN([C@H](C(=O)N2CCOCC2)c2ccccc2)CCN1. The van der Waals surface area contributed by atoms with Crippen LogP contribution in [-0.4, -0.2) is 67.6 Å². The number of ether oxygens (including phenoxy) is 1. The molecule has 2 saturated heterocycles. The highest BCUT2D eigenvalue weighted by molar-refractivity contribution is 5.85. The largest absolute Gasteiger partial charge is 0.378 e. The minimum absolute atomic E-state index is 0.0260. The van der Waals surface area contributed by atoms with E-state index in [9.17, 15) is 9.59 Å². The fourth-order valence-corrected chi connectivity index (χ4v) is 2.98. The van der Waals surface area contributed by atoms with Crippen molar-refractivity contribution in [3.8, 4) is 0 Å². The Balaban J connectivity index is 1.85. The van der Waals surface area contributed by atoms with Crippen LogP contribution in [0.15, 0.2) is 30.3 Å². The summed E-state index contributed by atoms with van der Waals surface area (Å²) in [5.41, 5.74) is 0.939. The molecule has 6 nitrogen and oxygen atoms in total. The number of nitrogens with one attached hydrogen (secondary N) is 1. The first-order valence-corrected chi connectivity index (χ1v) is 7.68. The van der Waals surface area contributed by atoms with E-state index < -0.39 is 6.04 Å². The summed E-state index contributed by atoms with van der Waals surface area (Å²) >= 11 is 0. The summed E-state index contributed by atoms with van der Waals surface area (Å²) in [5.74, 6) is 0.0335. The van der Waals surface area contributed by atoms with Gasteiger partial charge in [0.15, 0.2) is 0 Å². The maximum absolute atomic E-state index is 13.0. The Labute approximate surface area is 130 Å². The van der Waals surface area contributed by atoms with Gasteiger partial charge < -0.3 is 15.0 Å². The number of amides is 2. The maximum Gasteiger partial charge on any atom is 0.244 e.